The van der Waals surface area contributed by atoms with Crippen molar-refractivity contribution in [3.63, 3.8) is 0 Å². The van der Waals surface area contributed by atoms with E-state index in [1.165, 1.54) is 49.8 Å². The molecule has 1 aromatic carbocycles. The van der Waals surface area contributed by atoms with E-state index >= 15 is 0 Å². The smallest absolute Gasteiger partial charge is 0.290 e. The fraction of sp³-hybridized carbons (Fsp3) is 0.733. The van der Waals surface area contributed by atoms with Crippen LogP contribution in [0.25, 0.3) is 0 Å². The van der Waals surface area contributed by atoms with Gasteiger partial charge in [-0.3, -0.25) is 19.7 Å². The van der Waals surface area contributed by atoms with E-state index in [9.17, 15) is 20.1 Å². The molecule has 3 aliphatic rings. The predicted molar refractivity (Wildman–Crippen MR) is 158 cm³/mol. The first-order valence-electron chi connectivity index (χ1n) is 14.7. The molecule has 1 aromatic rings. The third-order valence-corrected chi connectivity index (χ3v) is 7.94. The fourth-order valence-corrected chi connectivity index (χ4v) is 4.98. The highest BCUT2D eigenvalue weighted by Crippen LogP contribution is 2.30. The molecule has 1 aliphatic heterocycles. The first kappa shape index (κ1) is 35.5. The number of carboxylic acid groups (broad SMARTS) is 1. The van der Waals surface area contributed by atoms with Gasteiger partial charge in [0.1, 0.15) is 0 Å². The van der Waals surface area contributed by atoms with E-state index in [4.69, 9.17) is 9.90 Å². The molecule has 10 heteroatoms. The molecule has 0 unspecified atom stereocenters. The summed E-state index contributed by atoms with van der Waals surface area (Å²) in [5.41, 5.74) is 2.20. The minimum absolute atomic E-state index is 0.160. The van der Waals surface area contributed by atoms with Crippen LogP contribution in [-0.4, -0.2) is 88.8 Å². The average Bonchev–Trinajstić information content (AvgIpc) is 3.57. The molecular weight excluding hydrogens is 512 g/mol. The van der Waals surface area contributed by atoms with E-state index in [1.807, 2.05) is 25.8 Å². The second-order valence-corrected chi connectivity index (χ2v) is 11.3. The van der Waals surface area contributed by atoms with E-state index in [1.54, 1.807) is 12.1 Å². The number of amides is 1. The van der Waals surface area contributed by atoms with Gasteiger partial charge in [-0.05, 0) is 82.9 Å². The summed E-state index contributed by atoms with van der Waals surface area (Å²) in [7, 11) is 4.17. The summed E-state index contributed by atoms with van der Waals surface area (Å²) in [6.45, 7) is 9.61. The number of hydroxylamine groups is 2. The van der Waals surface area contributed by atoms with Crippen LogP contribution in [0.4, 0.5) is 5.69 Å². The van der Waals surface area contributed by atoms with Crippen LogP contribution in [0.15, 0.2) is 18.2 Å². The topological polar surface area (TPSA) is 127 Å². The quantitative estimate of drug-likeness (QED) is 0.240. The molecule has 1 heterocycles. The number of carbonyl (C=O) groups is 2. The summed E-state index contributed by atoms with van der Waals surface area (Å²) in [4.78, 5) is 34.4. The van der Waals surface area contributed by atoms with Gasteiger partial charge in [-0.25, -0.2) is 0 Å². The highest BCUT2D eigenvalue weighted by atomic mass is 16.6. The molecule has 3 fully saturated rings. The Labute approximate surface area is 240 Å². The van der Waals surface area contributed by atoms with Crippen LogP contribution in [0.2, 0.25) is 0 Å². The van der Waals surface area contributed by atoms with E-state index in [0.717, 1.165) is 68.8 Å². The van der Waals surface area contributed by atoms with Crippen LogP contribution in [-0.2, 0) is 9.59 Å². The van der Waals surface area contributed by atoms with Crippen molar-refractivity contribution in [1.82, 2.24) is 14.9 Å². The Hall–Kier alpha value is -2.56. The van der Waals surface area contributed by atoms with Crippen molar-refractivity contribution in [3.8, 4) is 0 Å². The van der Waals surface area contributed by atoms with Gasteiger partial charge in [0.2, 0.25) is 5.91 Å². The molecule has 1 saturated heterocycles. The standard InChI is InChI=1S/C11H21NO.C10H20N2O.C8H9NO2.CH2O2/c1-3-4-9-12(2)11(13)10-7-5-6-8-10;1-11(8-9-2-3-9)10-4-6-12(13)7-5-10;1-6-3-4-8(9(10)11)5-7(6)2;2-1-3/h10H,3-9H2,1-2H3;9-10,13H,2-8H2,1H3;3-5H,1-2H3;1H,(H,2,3). The predicted octanol–water partition coefficient (Wildman–Crippen LogP) is 5.53. The number of nitro groups is 1. The van der Waals surface area contributed by atoms with Crippen molar-refractivity contribution in [3.05, 3.63) is 39.4 Å². The van der Waals surface area contributed by atoms with Gasteiger partial charge in [0.25, 0.3) is 12.2 Å². The minimum atomic E-state index is -0.382. The number of carbonyl (C=O) groups excluding carboxylic acids is 1. The lowest BCUT2D eigenvalue weighted by Gasteiger charge is -2.34. The van der Waals surface area contributed by atoms with E-state index < -0.39 is 0 Å². The number of unbranched alkanes of at least 4 members (excludes halogenated alkanes) is 1. The normalized spacial score (nSPS) is 17.5. The highest BCUT2D eigenvalue weighted by molar-refractivity contribution is 5.78. The highest BCUT2D eigenvalue weighted by Gasteiger charge is 2.28. The molecule has 228 valence electrons. The molecule has 2 aliphatic carbocycles. The first-order chi connectivity index (χ1) is 19.0. The molecule has 0 spiro atoms. The van der Waals surface area contributed by atoms with Crippen LogP contribution >= 0.6 is 0 Å². The van der Waals surface area contributed by atoms with Gasteiger partial charge in [0, 0.05) is 57.3 Å². The number of nitrogens with zero attached hydrogens (tertiary/aromatic N) is 4. The first-order valence-corrected chi connectivity index (χ1v) is 14.7. The number of benzene rings is 1. The van der Waals surface area contributed by atoms with Crippen LogP contribution in [0.3, 0.4) is 0 Å². The number of rotatable bonds is 8. The zero-order valence-corrected chi connectivity index (χ0v) is 25.3. The monoisotopic (exact) mass is 564 g/mol. The fourth-order valence-electron chi connectivity index (χ4n) is 4.98. The Morgan fingerprint density at radius 1 is 1.07 bits per heavy atom. The molecule has 10 nitrogen and oxygen atoms in total. The van der Waals surface area contributed by atoms with Crippen LogP contribution in [0.1, 0.15) is 82.3 Å². The molecule has 0 radical (unpaired) electrons. The molecule has 2 saturated carbocycles. The van der Waals surface area contributed by atoms with Gasteiger partial charge in [0.05, 0.1) is 4.92 Å². The molecule has 0 bridgehead atoms. The third kappa shape index (κ3) is 14.2. The maximum atomic E-state index is 11.8. The van der Waals surface area contributed by atoms with Crippen molar-refractivity contribution < 1.29 is 24.8 Å². The van der Waals surface area contributed by atoms with Gasteiger partial charge in [0.15, 0.2) is 0 Å². The summed E-state index contributed by atoms with van der Waals surface area (Å²) in [5, 5.41) is 27.8. The lowest BCUT2D eigenvalue weighted by molar-refractivity contribution is -0.384. The summed E-state index contributed by atoms with van der Waals surface area (Å²) < 4.78 is 0. The maximum absolute atomic E-state index is 11.8. The Morgan fingerprint density at radius 2 is 1.65 bits per heavy atom. The number of non-ortho nitro benzene ring substituents is 1. The van der Waals surface area contributed by atoms with Gasteiger partial charge >= 0.3 is 0 Å². The van der Waals surface area contributed by atoms with E-state index in [-0.39, 0.29) is 17.1 Å². The average molecular weight is 565 g/mol. The second-order valence-electron chi connectivity index (χ2n) is 11.3. The molecule has 40 heavy (non-hydrogen) atoms. The number of aryl methyl sites for hydroxylation is 2. The van der Waals surface area contributed by atoms with Crippen LogP contribution < -0.4 is 0 Å². The number of hydrogen-bond acceptors (Lipinski definition) is 7. The molecule has 0 aromatic heterocycles. The summed E-state index contributed by atoms with van der Waals surface area (Å²) in [6, 6.07) is 5.56. The molecular formula is C30H52N4O6. The largest absolute Gasteiger partial charge is 0.483 e. The van der Waals surface area contributed by atoms with E-state index in [0.29, 0.717) is 17.9 Å². The zero-order chi connectivity index (χ0) is 30.1. The molecule has 4 rings (SSSR count). The van der Waals surface area contributed by atoms with Gasteiger partial charge < -0.3 is 20.1 Å². The van der Waals surface area contributed by atoms with Gasteiger partial charge in [-0.2, -0.15) is 5.06 Å². The lowest BCUT2D eigenvalue weighted by atomic mass is 10.0. The summed E-state index contributed by atoms with van der Waals surface area (Å²) in [5.74, 6) is 1.71. The van der Waals surface area contributed by atoms with Crippen LogP contribution in [0, 0.1) is 35.8 Å². The number of nitro benzene ring substituents is 1. The second kappa shape index (κ2) is 19.5. The van der Waals surface area contributed by atoms with Crippen molar-refractivity contribution in [2.45, 2.75) is 91.0 Å². The zero-order valence-electron chi connectivity index (χ0n) is 25.3. The number of hydrogen-bond donors (Lipinski definition) is 2. The maximum Gasteiger partial charge on any atom is 0.290 e. The van der Waals surface area contributed by atoms with Crippen LogP contribution in [0.5, 0.6) is 0 Å². The Morgan fingerprint density at radius 3 is 2.12 bits per heavy atom. The summed E-state index contributed by atoms with van der Waals surface area (Å²) in [6.07, 6.45) is 12.2. The number of piperidine rings is 1. The Kier molecular flexibility index (Phi) is 17.3. The molecule has 1 amide bonds. The van der Waals surface area contributed by atoms with Gasteiger partial charge in [-0.15, -0.1) is 0 Å². The summed E-state index contributed by atoms with van der Waals surface area (Å²) >= 11 is 0. The Bertz CT molecular complexity index is 881. The van der Waals surface area contributed by atoms with Crippen molar-refractivity contribution in [2.75, 3.05) is 40.3 Å². The van der Waals surface area contributed by atoms with Gasteiger partial charge in [-0.1, -0.05) is 32.3 Å². The Balaban J connectivity index is 0.000000287. The SMILES string of the molecule is CCCCN(C)C(=O)C1CCCC1.CN(CC1CC1)C1CCN(O)CC1.Cc1ccc([N+](=O)[O-])cc1C.O=CO. The lowest BCUT2D eigenvalue weighted by Crippen LogP contribution is -2.42. The molecule has 2 N–H and O–H groups in total. The van der Waals surface area contributed by atoms with Crippen molar-refractivity contribution in [2.24, 2.45) is 11.8 Å². The van der Waals surface area contributed by atoms with Crippen molar-refractivity contribution in [1.29, 1.82) is 0 Å². The minimum Gasteiger partial charge on any atom is -0.483 e. The van der Waals surface area contributed by atoms with E-state index in [2.05, 4.69) is 18.9 Å². The third-order valence-electron chi connectivity index (χ3n) is 7.94. The van der Waals surface area contributed by atoms with Crippen molar-refractivity contribution >= 4 is 18.1 Å². The molecule has 0 atom stereocenters.